The van der Waals surface area contributed by atoms with E-state index in [0.29, 0.717) is 56.3 Å². The first-order valence-corrected chi connectivity index (χ1v) is 14.3. The number of amides is 2. The van der Waals surface area contributed by atoms with Crippen LogP contribution < -0.4 is 29.8 Å². The lowest BCUT2D eigenvalue weighted by molar-refractivity contribution is 0.242. The van der Waals surface area contributed by atoms with Gasteiger partial charge < -0.3 is 18.9 Å². The first-order valence-electron chi connectivity index (χ1n) is 12.7. The molecule has 4 aromatic carbocycles. The number of nitrogens with zero attached hydrogens (tertiary/aromatic N) is 2. The van der Waals surface area contributed by atoms with Crippen LogP contribution in [0.2, 0.25) is 0 Å². The number of ether oxygens (including phenoxy) is 4. The number of hydrogen-bond donors (Lipinski definition) is 2. The zero-order chi connectivity index (χ0) is 29.7. The van der Waals surface area contributed by atoms with E-state index in [-0.39, 0.29) is 0 Å². The Morgan fingerprint density at radius 1 is 0.690 bits per heavy atom. The summed E-state index contributed by atoms with van der Waals surface area (Å²) in [5, 5.41) is 7.97. The van der Waals surface area contributed by atoms with Crippen molar-refractivity contribution in [2.45, 2.75) is 13.2 Å². The number of rotatable bonds is 12. The van der Waals surface area contributed by atoms with Crippen LogP contribution in [0.15, 0.2) is 104 Å². The molecule has 2 amide bonds. The van der Waals surface area contributed by atoms with Crippen LogP contribution in [0.25, 0.3) is 0 Å². The summed E-state index contributed by atoms with van der Waals surface area (Å²) < 4.78 is 24.3. The monoisotopic (exact) mass is 694 g/mol. The lowest BCUT2D eigenvalue weighted by atomic mass is 10.2. The van der Waals surface area contributed by atoms with Gasteiger partial charge >= 0.3 is 6.03 Å². The second-order valence-electron chi connectivity index (χ2n) is 8.69. The third-order valence-electron chi connectivity index (χ3n) is 5.71. The highest BCUT2D eigenvalue weighted by atomic mass is 79.9. The fourth-order valence-electron chi connectivity index (χ4n) is 3.72. The lowest BCUT2D eigenvalue weighted by Crippen LogP contribution is -2.28. The van der Waals surface area contributed by atoms with Crippen LogP contribution in [0, 0.1) is 0 Å². The van der Waals surface area contributed by atoms with Gasteiger partial charge in [-0.15, -0.1) is 0 Å². The normalized spacial score (nSPS) is 11.0. The average molecular weight is 696 g/mol. The van der Waals surface area contributed by atoms with Crippen molar-refractivity contribution in [1.29, 1.82) is 0 Å². The number of methoxy groups -OCH3 is 2. The molecule has 0 atom stereocenters. The summed E-state index contributed by atoms with van der Waals surface area (Å²) in [6.45, 7) is 0.781. The molecular formula is C31H28Br2N4O5. The Kier molecular flexibility index (Phi) is 11.4. The molecule has 4 aromatic rings. The van der Waals surface area contributed by atoms with Gasteiger partial charge in [0.2, 0.25) is 0 Å². The third kappa shape index (κ3) is 8.82. The van der Waals surface area contributed by atoms with Crippen molar-refractivity contribution in [3.05, 3.63) is 116 Å². The standard InChI is InChI=1S/C31H28Br2N4O5/c1-39-27-15-23(13-25(32)29(27)41-19-21-9-5-3-6-10-21)17-34-36-31(38)37-35-18-24-14-26(33)30(28(16-24)40-2)42-20-22-11-7-4-8-12-22/h3-18H,19-20H2,1-2H3,(H2,36,37,38)/b34-17-,35-18-. The van der Waals surface area contributed by atoms with Gasteiger partial charge in [-0.25, -0.2) is 15.6 Å². The van der Waals surface area contributed by atoms with Crippen molar-refractivity contribution in [3.8, 4) is 23.0 Å². The predicted molar refractivity (Wildman–Crippen MR) is 170 cm³/mol. The van der Waals surface area contributed by atoms with E-state index in [2.05, 4.69) is 52.9 Å². The molecule has 9 nitrogen and oxygen atoms in total. The molecule has 0 aromatic heterocycles. The molecule has 216 valence electrons. The fourth-order valence-corrected chi connectivity index (χ4v) is 4.87. The summed E-state index contributed by atoms with van der Waals surface area (Å²) in [5.41, 5.74) is 8.18. The summed E-state index contributed by atoms with van der Waals surface area (Å²) >= 11 is 7.05. The van der Waals surface area contributed by atoms with Gasteiger partial charge in [0, 0.05) is 0 Å². The number of hydrazone groups is 2. The molecule has 0 radical (unpaired) electrons. The Hall–Kier alpha value is -4.35. The molecule has 0 aliphatic rings. The van der Waals surface area contributed by atoms with Crippen LogP contribution in [-0.4, -0.2) is 32.7 Å². The first kappa shape index (κ1) is 30.6. The molecule has 11 heteroatoms. The van der Waals surface area contributed by atoms with Gasteiger partial charge in [0.1, 0.15) is 13.2 Å². The lowest BCUT2D eigenvalue weighted by Gasteiger charge is -2.13. The highest BCUT2D eigenvalue weighted by Gasteiger charge is 2.13. The molecule has 0 aliphatic heterocycles. The van der Waals surface area contributed by atoms with Crippen molar-refractivity contribution in [3.63, 3.8) is 0 Å². The number of halogens is 2. The summed E-state index contributed by atoms with van der Waals surface area (Å²) in [4.78, 5) is 12.2. The Balaban J connectivity index is 1.31. The molecule has 0 saturated carbocycles. The molecule has 42 heavy (non-hydrogen) atoms. The summed E-state index contributed by atoms with van der Waals surface area (Å²) in [5.74, 6) is 2.18. The number of urea groups is 1. The molecule has 0 fully saturated rings. The van der Waals surface area contributed by atoms with Gasteiger partial charge in [0.05, 0.1) is 35.6 Å². The number of hydrogen-bond acceptors (Lipinski definition) is 7. The van der Waals surface area contributed by atoms with E-state index >= 15 is 0 Å². The average Bonchev–Trinajstić information content (AvgIpc) is 3.00. The van der Waals surface area contributed by atoms with Crippen LogP contribution in [-0.2, 0) is 13.2 Å². The van der Waals surface area contributed by atoms with Gasteiger partial charge in [-0.1, -0.05) is 60.7 Å². The first-order chi connectivity index (χ1) is 20.5. The van der Waals surface area contributed by atoms with E-state index in [1.54, 1.807) is 26.4 Å². The minimum Gasteiger partial charge on any atom is -0.493 e. The fraction of sp³-hybridized carbons (Fsp3) is 0.129. The molecule has 0 bridgehead atoms. The molecule has 0 spiro atoms. The number of carbonyl (C=O) groups is 1. The van der Waals surface area contributed by atoms with Crippen molar-refractivity contribution in [2.75, 3.05) is 14.2 Å². The largest absolute Gasteiger partial charge is 0.493 e. The van der Waals surface area contributed by atoms with E-state index < -0.39 is 6.03 Å². The molecule has 0 aliphatic carbocycles. The highest BCUT2D eigenvalue weighted by Crippen LogP contribution is 2.38. The Morgan fingerprint density at radius 2 is 1.10 bits per heavy atom. The second kappa shape index (κ2) is 15.6. The molecule has 4 rings (SSSR count). The van der Waals surface area contributed by atoms with Crippen molar-refractivity contribution in [2.24, 2.45) is 10.2 Å². The van der Waals surface area contributed by atoms with Gasteiger partial charge in [-0.05, 0) is 78.4 Å². The molecule has 2 N–H and O–H groups in total. The zero-order valence-electron chi connectivity index (χ0n) is 22.8. The maximum atomic E-state index is 12.2. The second-order valence-corrected chi connectivity index (χ2v) is 10.4. The molecule has 0 heterocycles. The van der Waals surface area contributed by atoms with Gasteiger partial charge in [-0.3, -0.25) is 0 Å². The minimum atomic E-state index is -0.620. The predicted octanol–water partition coefficient (Wildman–Crippen LogP) is 7.05. The molecule has 0 saturated heterocycles. The Labute approximate surface area is 260 Å². The van der Waals surface area contributed by atoms with E-state index in [1.807, 2.05) is 72.8 Å². The minimum absolute atomic E-state index is 0.390. The van der Waals surface area contributed by atoms with Crippen molar-refractivity contribution in [1.82, 2.24) is 10.9 Å². The van der Waals surface area contributed by atoms with Crippen molar-refractivity contribution >= 4 is 50.3 Å². The highest BCUT2D eigenvalue weighted by molar-refractivity contribution is 9.11. The van der Waals surface area contributed by atoms with Gasteiger partial charge in [-0.2, -0.15) is 10.2 Å². The van der Waals surface area contributed by atoms with Crippen LogP contribution in [0.1, 0.15) is 22.3 Å². The van der Waals surface area contributed by atoms with Crippen molar-refractivity contribution < 1.29 is 23.7 Å². The topological polar surface area (TPSA) is 103 Å². The van der Waals surface area contributed by atoms with Gasteiger partial charge in [0.15, 0.2) is 23.0 Å². The van der Waals surface area contributed by atoms with Crippen LogP contribution in [0.5, 0.6) is 23.0 Å². The number of carbonyl (C=O) groups excluding carboxylic acids is 1. The maximum absolute atomic E-state index is 12.2. The summed E-state index contributed by atoms with van der Waals surface area (Å²) in [6, 6.07) is 26.2. The third-order valence-corrected chi connectivity index (χ3v) is 6.89. The molecular weight excluding hydrogens is 668 g/mol. The van der Waals surface area contributed by atoms with Crippen LogP contribution in [0.3, 0.4) is 0 Å². The summed E-state index contributed by atoms with van der Waals surface area (Å²) in [7, 11) is 3.11. The SMILES string of the molecule is COc1cc(/C=N\NC(=O)N/N=C\c2cc(Br)c(OCc3ccccc3)c(OC)c2)cc(Br)c1OCc1ccccc1. The van der Waals surface area contributed by atoms with E-state index in [9.17, 15) is 4.79 Å². The molecule has 0 unspecified atom stereocenters. The smallest absolute Gasteiger partial charge is 0.355 e. The Bertz CT molecular complexity index is 1440. The van der Waals surface area contributed by atoms with E-state index in [1.165, 1.54) is 12.4 Å². The number of nitrogens with one attached hydrogen (secondary N) is 2. The zero-order valence-corrected chi connectivity index (χ0v) is 26.0. The number of benzene rings is 4. The summed E-state index contributed by atoms with van der Waals surface area (Å²) in [6.07, 6.45) is 2.96. The van der Waals surface area contributed by atoms with Crippen LogP contribution >= 0.6 is 31.9 Å². The van der Waals surface area contributed by atoms with Crippen LogP contribution in [0.4, 0.5) is 4.79 Å². The van der Waals surface area contributed by atoms with Gasteiger partial charge in [0.25, 0.3) is 0 Å². The Morgan fingerprint density at radius 3 is 1.48 bits per heavy atom. The maximum Gasteiger partial charge on any atom is 0.355 e. The van der Waals surface area contributed by atoms with E-state index in [0.717, 1.165) is 11.1 Å². The van der Waals surface area contributed by atoms with E-state index in [4.69, 9.17) is 18.9 Å². The quantitative estimate of drug-likeness (QED) is 0.122.